The molecule has 1 rings (SSSR count). The van der Waals surface area contributed by atoms with Crippen LogP contribution in [-0.4, -0.2) is 20.9 Å². The van der Waals surface area contributed by atoms with Gasteiger partial charge in [0, 0.05) is 19.2 Å². The SMILES string of the molecule is CCCCCNS(=O)(=O)c1ccc(NC(C)=O)cc1. The minimum atomic E-state index is -3.45. The molecule has 0 fully saturated rings. The van der Waals surface area contributed by atoms with Crippen LogP contribution in [0.25, 0.3) is 0 Å². The first-order chi connectivity index (χ1) is 8.95. The van der Waals surface area contributed by atoms with E-state index in [1.807, 2.05) is 0 Å². The number of sulfonamides is 1. The lowest BCUT2D eigenvalue weighted by molar-refractivity contribution is -0.114. The van der Waals surface area contributed by atoms with E-state index >= 15 is 0 Å². The zero-order valence-electron chi connectivity index (χ0n) is 11.3. The minimum absolute atomic E-state index is 0.187. The van der Waals surface area contributed by atoms with Crippen molar-refractivity contribution in [2.45, 2.75) is 38.0 Å². The van der Waals surface area contributed by atoms with Crippen LogP contribution in [0.5, 0.6) is 0 Å². The van der Waals surface area contributed by atoms with Gasteiger partial charge in [-0.15, -0.1) is 0 Å². The Kier molecular flexibility index (Phi) is 5.98. The third kappa shape index (κ3) is 5.40. The lowest BCUT2D eigenvalue weighted by atomic mass is 10.3. The van der Waals surface area contributed by atoms with Gasteiger partial charge in [0.1, 0.15) is 0 Å². The molecule has 0 aliphatic heterocycles. The molecule has 19 heavy (non-hydrogen) atoms. The fraction of sp³-hybridized carbons (Fsp3) is 0.462. The molecule has 0 spiro atoms. The summed E-state index contributed by atoms with van der Waals surface area (Å²) < 4.78 is 26.4. The number of benzene rings is 1. The molecule has 6 heteroatoms. The lowest BCUT2D eigenvalue weighted by Crippen LogP contribution is -2.24. The third-order valence-electron chi connectivity index (χ3n) is 2.56. The van der Waals surface area contributed by atoms with Gasteiger partial charge in [-0.25, -0.2) is 13.1 Å². The molecule has 2 N–H and O–H groups in total. The van der Waals surface area contributed by atoms with Crippen molar-refractivity contribution in [1.29, 1.82) is 0 Å². The van der Waals surface area contributed by atoms with Crippen molar-refractivity contribution >= 4 is 21.6 Å². The Balaban J connectivity index is 2.65. The summed E-state index contributed by atoms with van der Waals surface area (Å²) in [5.41, 5.74) is 0.581. The molecule has 0 aliphatic carbocycles. The van der Waals surface area contributed by atoms with Crippen LogP contribution in [0, 0.1) is 0 Å². The van der Waals surface area contributed by atoms with E-state index in [0.29, 0.717) is 12.2 Å². The Labute approximate surface area is 114 Å². The highest BCUT2D eigenvalue weighted by Gasteiger charge is 2.12. The highest BCUT2D eigenvalue weighted by Crippen LogP contribution is 2.13. The first-order valence-electron chi connectivity index (χ1n) is 6.33. The standard InChI is InChI=1S/C13H20N2O3S/c1-3-4-5-10-14-19(17,18)13-8-6-12(7-9-13)15-11(2)16/h6-9,14H,3-5,10H2,1-2H3,(H,15,16). The zero-order chi connectivity index (χ0) is 14.3. The maximum atomic E-state index is 11.9. The van der Waals surface area contributed by atoms with E-state index in [0.717, 1.165) is 19.3 Å². The Morgan fingerprint density at radius 2 is 1.79 bits per heavy atom. The van der Waals surface area contributed by atoms with Crippen LogP contribution < -0.4 is 10.0 Å². The predicted molar refractivity (Wildman–Crippen MR) is 75.5 cm³/mol. The molecule has 0 aromatic heterocycles. The van der Waals surface area contributed by atoms with E-state index in [4.69, 9.17) is 0 Å². The summed E-state index contributed by atoms with van der Waals surface area (Å²) in [6, 6.07) is 6.10. The topological polar surface area (TPSA) is 75.3 Å². The van der Waals surface area contributed by atoms with E-state index in [1.54, 1.807) is 12.1 Å². The van der Waals surface area contributed by atoms with Crippen molar-refractivity contribution in [2.75, 3.05) is 11.9 Å². The molecule has 0 aliphatic rings. The molecule has 1 amide bonds. The molecular weight excluding hydrogens is 264 g/mol. The second-order valence-corrected chi connectivity index (χ2v) is 6.08. The van der Waals surface area contributed by atoms with Gasteiger partial charge in [0.15, 0.2) is 0 Å². The summed E-state index contributed by atoms with van der Waals surface area (Å²) in [6.45, 7) is 3.92. The van der Waals surface area contributed by atoms with E-state index in [1.165, 1.54) is 19.1 Å². The summed E-state index contributed by atoms with van der Waals surface area (Å²) in [6.07, 6.45) is 2.89. The van der Waals surface area contributed by atoms with Gasteiger partial charge >= 0.3 is 0 Å². The van der Waals surface area contributed by atoms with E-state index < -0.39 is 10.0 Å². The van der Waals surface area contributed by atoms with Gasteiger partial charge in [0.2, 0.25) is 15.9 Å². The van der Waals surface area contributed by atoms with Crippen molar-refractivity contribution in [2.24, 2.45) is 0 Å². The number of nitrogens with one attached hydrogen (secondary N) is 2. The number of amides is 1. The largest absolute Gasteiger partial charge is 0.326 e. The number of unbranched alkanes of at least 4 members (excludes halogenated alkanes) is 2. The molecular formula is C13H20N2O3S. The van der Waals surface area contributed by atoms with Crippen molar-refractivity contribution in [3.8, 4) is 0 Å². The van der Waals surface area contributed by atoms with Crippen molar-refractivity contribution < 1.29 is 13.2 Å². The minimum Gasteiger partial charge on any atom is -0.326 e. The molecule has 0 saturated carbocycles. The van der Waals surface area contributed by atoms with Gasteiger partial charge in [0.05, 0.1) is 4.90 Å². The van der Waals surface area contributed by atoms with Crippen LogP contribution in [0.1, 0.15) is 33.1 Å². The summed E-state index contributed by atoms with van der Waals surface area (Å²) in [5, 5.41) is 2.59. The van der Waals surface area contributed by atoms with Crippen molar-refractivity contribution in [3.05, 3.63) is 24.3 Å². The van der Waals surface area contributed by atoms with Gasteiger partial charge in [-0.05, 0) is 30.7 Å². The smallest absolute Gasteiger partial charge is 0.240 e. The normalized spacial score (nSPS) is 11.3. The average Bonchev–Trinajstić information content (AvgIpc) is 2.35. The van der Waals surface area contributed by atoms with E-state index in [-0.39, 0.29) is 10.8 Å². The average molecular weight is 284 g/mol. The maximum absolute atomic E-state index is 11.9. The van der Waals surface area contributed by atoms with Crippen LogP contribution in [0.3, 0.4) is 0 Å². The first-order valence-corrected chi connectivity index (χ1v) is 7.81. The van der Waals surface area contributed by atoms with Gasteiger partial charge in [-0.3, -0.25) is 4.79 Å². The number of hydrogen-bond acceptors (Lipinski definition) is 3. The Morgan fingerprint density at radius 1 is 1.16 bits per heavy atom. The van der Waals surface area contributed by atoms with Gasteiger partial charge < -0.3 is 5.32 Å². The van der Waals surface area contributed by atoms with Crippen LogP contribution in [0.4, 0.5) is 5.69 Å². The van der Waals surface area contributed by atoms with Gasteiger partial charge in [0.25, 0.3) is 0 Å². The maximum Gasteiger partial charge on any atom is 0.240 e. The molecule has 106 valence electrons. The Bertz CT molecular complexity index is 509. The molecule has 0 unspecified atom stereocenters. The Morgan fingerprint density at radius 3 is 2.32 bits per heavy atom. The molecule has 0 atom stereocenters. The van der Waals surface area contributed by atoms with E-state index in [2.05, 4.69) is 17.0 Å². The van der Waals surface area contributed by atoms with Gasteiger partial charge in [-0.1, -0.05) is 19.8 Å². The first kappa shape index (κ1) is 15.7. The summed E-state index contributed by atoms with van der Waals surface area (Å²) >= 11 is 0. The van der Waals surface area contributed by atoms with Crippen LogP contribution >= 0.6 is 0 Å². The van der Waals surface area contributed by atoms with Crippen LogP contribution in [0.15, 0.2) is 29.2 Å². The summed E-state index contributed by atoms with van der Waals surface area (Å²) in [7, 11) is -3.45. The zero-order valence-corrected chi connectivity index (χ0v) is 12.1. The fourth-order valence-corrected chi connectivity index (χ4v) is 2.66. The number of carbonyl (C=O) groups is 1. The number of carbonyl (C=O) groups excluding carboxylic acids is 1. The quantitative estimate of drug-likeness (QED) is 0.753. The summed E-state index contributed by atoms with van der Waals surface area (Å²) in [5.74, 6) is -0.187. The highest BCUT2D eigenvalue weighted by molar-refractivity contribution is 7.89. The summed E-state index contributed by atoms with van der Waals surface area (Å²) in [4.78, 5) is 11.1. The van der Waals surface area contributed by atoms with Crippen molar-refractivity contribution in [1.82, 2.24) is 4.72 Å². The fourth-order valence-electron chi connectivity index (χ4n) is 1.59. The van der Waals surface area contributed by atoms with E-state index in [9.17, 15) is 13.2 Å². The predicted octanol–water partition coefficient (Wildman–Crippen LogP) is 2.11. The van der Waals surface area contributed by atoms with Crippen molar-refractivity contribution in [3.63, 3.8) is 0 Å². The number of hydrogen-bond donors (Lipinski definition) is 2. The molecule has 5 nitrogen and oxygen atoms in total. The molecule has 1 aromatic carbocycles. The molecule has 0 saturated heterocycles. The van der Waals surface area contributed by atoms with Crippen LogP contribution in [0.2, 0.25) is 0 Å². The Hall–Kier alpha value is -1.40. The second kappa shape index (κ2) is 7.25. The highest BCUT2D eigenvalue weighted by atomic mass is 32.2. The lowest BCUT2D eigenvalue weighted by Gasteiger charge is -2.07. The van der Waals surface area contributed by atoms with Gasteiger partial charge in [-0.2, -0.15) is 0 Å². The molecule has 1 aromatic rings. The molecule has 0 radical (unpaired) electrons. The second-order valence-electron chi connectivity index (χ2n) is 4.31. The third-order valence-corrected chi connectivity index (χ3v) is 4.03. The molecule has 0 heterocycles. The molecule has 0 bridgehead atoms. The monoisotopic (exact) mass is 284 g/mol. The number of anilines is 1. The number of rotatable bonds is 7. The van der Waals surface area contributed by atoms with Crippen LogP contribution in [-0.2, 0) is 14.8 Å².